The molecular weight excluding hydrogens is 242 g/mol. The number of rotatable bonds is 4. The molecule has 1 fully saturated rings. The van der Waals surface area contributed by atoms with Gasteiger partial charge in [0.15, 0.2) is 5.65 Å². The van der Waals surface area contributed by atoms with Crippen molar-refractivity contribution in [1.82, 2.24) is 24.6 Å². The van der Waals surface area contributed by atoms with Gasteiger partial charge in [0.25, 0.3) is 5.56 Å². The molecular formula is C13H19N5O. The molecule has 102 valence electrons. The highest BCUT2D eigenvalue weighted by atomic mass is 16.1. The molecule has 2 heterocycles. The highest BCUT2D eigenvalue weighted by Crippen LogP contribution is 2.34. The van der Waals surface area contributed by atoms with E-state index in [0.29, 0.717) is 29.4 Å². The summed E-state index contributed by atoms with van der Waals surface area (Å²) in [5, 5.41) is 4.62. The largest absolute Gasteiger partial charge is 0.309 e. The van der Waals surface area contributed by atoms with Gasteiger partial charge in [0.05, 0.1) is 12.7 Å². The van der Waals surface area contributed by atoms with E-state index in [1.165, 1.54) is 12.8 Å². The number of nitrogens with one attached hydrogen (secondary N) is 1. The number of aryl methyl sites for hydroxylation is 1. The lowest BCUT2D eigenvalue weighted by atomic mass is 10.2. The molecule has 6 heteroatoms. The predicted octanol–water partition coefficient (Wildman–Crippen LogP) is 0.887. The first-order chi connectivity index (χ1) is 9.06. The van der Waals surface area contributed by atoms with Gasteiger partial charge in [0.1, 0.15) is 11.2 Å². The summed E-state index contributed by atoms with van der Waals surface area (Å²) in [5.74, 6) is 1.51. The van der Waals surface area contributed by atoms with E-state index in [0.717, 1.165) is 5.92 Å². The molecule has 0 radical (unpaired) electrons. The number of hydrogen-bond donors (Lipinski definition) is 1. The van der Waals surface area contributed by atoms with E-state index in [9.17, 15) is 4.79 Å². The van der Waals surface area contributed by atoms with Crippen LogP contribution in [0.15, 0.2) is 11.0 Å². The number of aromatic nitrogens is 4. The predicted molar refractivity (Wildman–Crippen MR) is 72.8 cm³/mol. The third-order valence-electron chi connectivity index (χ3n) is 4.05. The Labute approximate surface area is 111 Å². The van der Waals surface area contributed by atoms with E-state index in [1.54, 1.807) is 17.9 Å². The van der Waals surface area contributed by atoms with Gasteiger partial charge in [-0.15, -0.1) is 0 Å². The summed E-state index contributed by atoms with van der Waals surface area (Å²) in [7, 11) is 3.88. The Morgan fingerprint density at radius 2 is 2.32 bits per heavy atom. The molecule has 2 aromatic heterocycles. The van der Waals surface area contributed by atoms with Crippen LogP contribution in [0.3, 0.4) is 0 Å². The second-order valence-electron chi connectivity index (χ2n) is 5.51. The number of nitrogens with zero attached hydrogens (tertiary/aromatic N) is 4. The lowest BCUT2D eigenvalue weighted by Gasteiger charge is -2.23. The Morgan fingerprint density at radius 3 is 3.00 bits per heavy atom. The third kappa shape index (κ3) is 2.28. The van der Waals surface area contributed by atoms with E-state index in [-0.39, 0.29) is 5.56 Å². The molecule has 1 aliphatic rings. The molecule has 0 spiro atoms. The fraction of sp³-hybridized carbons (Fsp3) is 0.615. The van der Waals surface area contributed by atoms with Gasteiger partial charge >= 0.3 is 0 Å². The molecule has 2 aromatic rings. The van der Waals surface area contributed by atoms with Crippen LogP contribution in [0.5, 0.6) is 0 Å². The van der Waals surface area contributed by atoms with Crippen LogP contribution in [-0.4, -0.2) is 37.7 Å². The molecule has 0 unspecified atom stereocenters. The monoisotopic (exact) mass is 261 g/mol. The fourth-order valence-electron chi connectivity index (χ4n) is 2.47. The molecule has 1 aliphatic carbocycles. The highest BCUT2D eigenvalue weighted by Gasteiger charge is 2.30. The molecule has 0 saturated heterocycles. The quantitative estimate of drug-likeness (QED) is 0.887. The molecule has 1 saturated carbocycles. The van der Waals surface area contributed by atoms with Crippen LogP contribution in [0.2, 0.25) is 0 Å². The van der Waals surface area contributed by atoms with Crippen molar-refractivity contribution < 1.29 is 0 Å². The molecule has 0 aliphatic heterocycles. The van der Waals surface area contributed by atoms with Crippen LogP contribution in [0.25, 0.3) is 11.0 Å². The van der Waals surface area contributed by atoms with Crippen molar-refractivity contribution in [2.45, 2.75) is 32.4 Å². The minimum atomic E-state index is -0.111. The summed E-state index contributed by atoms with van der Waals surface area (Å²) >= 11 is 0. The number of aromatic amines is 1. The Hall–Kier alpha value is -1.69. The summed E-state index contributed by atoms with van der Waals surface area (Å²) in [6.07, 6.45) is 4.19. The van der Waals surface area contributed by atoms with E-state index < -0.39 is 0 Å². The number of H-pyrrole nitrogens is 1. The SMILES string of the molecule is C[C@H](C1CC1)N(C)Cc1nc2c(cnn2C)c(=O)[nH]1. The minimum Gasteiger partial charge on any atom is -0.309 e. The Kier molecular flexibility index (Phi) is 2.89. The van der Waals surface area contributed by atoms with Crippen molar-refractivity contribution in [1.29, 1.82) is 0 Å². The van der Waals surface area contributed by atoms with Crippen molar-refractivity contribution in [2.24, 2.45) is 13.0 Å². The fourth-order valence-corrected chi connectivity index (χ4v) is 2.47. The van der Waals surface area contributed by atoms with Crippen LogP contribution in [0.1, 0.15) is 25.6 Å². The maximum Gasteiger partial charge on any atom is 0.262 e. The average molecular weight is 261 g/mol. The Balaban J connectivity index is 1.88. The molecule has 6 nitrogen and oxygen atoms in total. The first kappa shape index (κ1) is 12.3. The van der Waals surface area contributed by atoms with Crippen LogP contribution < -0.4 is 5.56 Å². The molecule has 0 amide bonds. The van der Waals surface area contributed by atoms with Crippen molar-refractivity contribution in [3.8, 4) is 0 Å². The summed E-state index contributed by atoms with van der Waals surface area (Å²) < 4.78 is 1.64. The van der Waals surface area contributed by atoms with Gasteiger partial charge in [0.2, 0.25) is 0 Å². The Morgan fingerprint density at radius 1 is 1.58 bits per heavy atom. The van der Waals surface area contributed by atoms with Gasteiger partial charge in [-0.1, -0.05) is 0 Å². The lowest BCUT2D eigenvalue weighted by molar-refractivity contribution is 0.221. The average Bonchev–Trinajstić information content (AvgIpc) is 3.14. The normalized spacial score (nSPS) is 17.3. The molecule has 0 bridgehead atoms. The van der Waals surface area contributed by atoms with Crippen molar-refractivity contribution in [3.63, 3.8) is 0 Å². The summed E-state index contributed by atoms with van der Waals surface area (Å²) in [6, 6.07) is 0.535. The third-order valence-corrected chi connectivity index (χ3v) is 4.05. The summed E-state index contributed by atoms with van der Waals surface area (Å²) in [4.78, 5) is 21.5. The van der Waals surface area contributed by atoms with Crippen molar-refractivity contribution in [3.05, 3.63) is 22.4 Å². The zero-order chi connectivity index (χ0) is 13.6. The number of fused-ring (bicyclic) bond motifs is 1. The molecule has 1 N–H and O–H groups in total. The van der Waals surface area contributed by atoms with Crippen LogP contribution in [-0.2, 0) is 13.6 Å². The standard InChI is InChI=1S/C13H19N5O/c1-8(9-4-5-9)17(2)7-11-15-12-10(13(19)16-11)6-14-18(12)3/h6,8-9H,4-5,7H2,1-3H3,(H,15,16,19)/t8-/m1/s1. The minimum absolute atomic E-state index is 0.111. The molecule has 19 heavy (non-hydrogen) atoms. The van der Waals surface area contributed by atoms with Gasteiger partial charge in [-0.2, -0.15) is 5.10 Å². The first-order valence-electron chi connectivity index (χ1n) is 6.67. The molecule has 3 rings (SSSR count). The molecule has 1 atom stereocenters. The summed E-state index contributed by atoms with van der Waals surface area (Å²) in [5.41, 5.74) is 0.534. The van der Waals surface area contributed by atoms with Gasteiger partial charge < -0.3 is 4.98 Å². The van der Waals surface area contributed by atoms with Crippen LogP contribution >= 0.6 is 0 Å². The second-order valence-corrected chi connectivity index (χ2v) is 5.51. The number of hydrogen-bond acceptors (Lipinski definition) is 4. The van der Waals surface area contributed by atoms with E-state index in [4.69, 9.17) is 0 Å². The second kappa shape index (κ2) is 4.45. The summed E-state index contributed by atoms with van der Waals surface area (Å²) in [6.45, 7) is 2.90. The topological polar surface area (TPSA) is 66.8 Å². The van der Waals surface area contributed by atoms with E-state index in [1.807, 2.05) is 0 Å². The lowest BCUT2D eigenvalue weighted by Crippen LogP contribution is -2.31. The maximum atomic E-state index is 11.9. The first-order valence-corrected chi connectivity index (χ1v) is 6.67. The highest BCUT2D eigenvalue weighted by molar-refractivity contribution is 5.72. The van der Waals surface area contributed by atoms with Gasteiger partial charge in [0, 0.05) is 13.1 Å². The maximum absolute atomic E-state index is 11.9. The zero-order valence-corrected chi connectivity index (χ0v) is 11.6. The molecule has 0 aromatic carbocycles. The van der Waals surface area contributed by atoms with Crippen LogP contribution in [0.4, 0.5) is 0 Å². The van der Waals surface area contributed by atoms with Crippen LogP contribution in [0, 0.1) is 5.92 Å². The van der Waals surface area contributed by atoms with Crippen molar-refractivity contribution in [2.75, 3.05) is 7.05 Å². The van der Waals surface area contributed by atoms with Gasteiger partial charge in [-0.05, 0) is 32.7 Å². The zero-order valence-electron chi connectivity index (χ0n) is 11.6. The van der Waals surface area contributed by atoms with Gasteiger partial charge in [-0.3, -0.25) is 14.4 Å². The van der Waals surface area contributed by atoms with Crippen molar-refractivity contribution >= 4 is 11.0 Å². The van der Waals surface area contributed by atoms with E-state index in [2.05, 4.69) is 33.9 Å². The smallest absolute Gasteiger partial charge is 0.262 e. The Bertz CT molecular complexity index is 655. The van der Waals surface area contributed by atoms with Gasteiger partial charge in [-0.25, -0.2) is 4.98 Å². The van der Waals surface area contributed by atoms with E-state index >= 15 is 0 Å².